The molecule has 0 fully saturated rings. The average molecular weight is 273 g/mol. The Hall–Kier alpha value is -1.71. The van der Waals surface area contributed by atoms with Crippen LogP contribution in [-0.4, -0.2) is 11.1 Å². The van der Waals surface area contributed by atoms with Crippen molar-refractivity contribution in [2.75, 3.05) is 0 Å². The standard InChI is InChI=1S/C17H20FNO/c1-12-3-7-15(8-4-12)17(20)13(2)19-11-14-5-9-16(18)10-6-14/h3-10,13,17,19-20H,11H2,1-2H3. The normalized spacial score (nSPS) is 14.0. The van der Waals surface area contributed by atoms with Crippen molar-refractivity contribution in [1.82, 2.24) is 5.32 Å². The Morgan fingerprint density at radius 1 is 1.05 bits per heavy atom. The lowest BCUT2D eigenvalue weighted by Gasteiger charge is -2.21. The van der Waals surface area contributed by atoms with Gasteiger partial charge in [-0.2, -0.15) is 0 Å². The van der Waals surface area contributed by atoms with E-state index in [2.05, 4.69) is 5.32 Å². The summed E-state index contributed by atoms with van der Waals surface area (Å²) in [5.41, 5.74) is 3.07. The van der Waals surface area contributed by atoms with Gasteiger partial charge in [0.2, 0.25) is 0 Å². The van der Waals surface area contributed by atoms with Crippen LogP contribution in [0.25, 0.3) is 0 Å². The molecule has 0 radical (unpaired) electrons. The molecule has 2 aromatic rings. The Kier molecular flexibility index (Phi) is 4.88. The molecule has 2 aromatic carbocycles. The average Bonchev–Trinajstić information content (AvgIpc) is 2.46. The molecular weight excluding hydrogens is 253 g/mol. The Bertz CT molecular complexity index is 536. The molecular formula is C17H20FNO. The summed E-state index contributed by atoms with van der Waals surface area (Å²) in [6.07, 6.45) is -0.559. The summed E-state index contributed by atoms with van der Waals surface area (Å²) in [6, 6.07) is 14.2. The van der Waals surface area contributed by atoms with Gasteiger partial charge in [-0.15, -0.1) is 0 Å². The molecule has 0 heterocycles. The van der Waals surface area contributed by atoms with Gasteiger partial charge in [-0.3, -0.25) is 0 Å². The summed E-state index contributed by atoms with van der Waals surface area (Å²) in [5.74, 6) is -0.235. The van der Waals surface area contributed by atoms with Crippen LogP contribution in [0.1, 0.15) is 29.7 Å². The predicted molar refractivity (Wildman–Crippen MR) is 78.8 cm³/mol. The van der Waals surface area contributed by atoms with E-state index in [0.717, 1.165) is 11.1 Å². The molecule has 20 heavy (non-hydrogen) atoms. The second-order valence-corrected chi connectivity index (χ2v) is 5.15. The third-order valence-corrected chi connectivity index (χ3v) is 3.43. The summed E-state index contributed by atoms with van der Waals surface area (Å²) >= 11 is 0. The highest BCUT2D eigenvalue weighted by Crippen LogP contribution is 2.17. The van der Waals surface area contributed by atoms with Crippen molar-refractivity contribution in [3.63, 3.8) is 0 Å². The molecule has 2 rings (SSSR count). The SMILES string of the molecule is Cc1ccc(C(O)C(C)NCc2ccc(F)cc2)cc1. The van der Waals surface area contributed by atoms with Gasteiger partial charge < -0.3 is 10.4 Å². The van der Waals surface area contributed by atoms with Gasteiger partial charge in [-0.1, -0.05) is 42.0 Å². The van der Waals surface area contributed by atoms with Crippen molar-refractivity contribution >= 4 is 0 Å². The number of benzene rings is 2. The molecule has 0 saturated carbocycles. The van der Waals surface area contributed by atoms with Crippen molar-refractivity contribution in [3.05, 3.63) is 71.0 Å². The molecule has 106 valence electrons. The van der Waals surface area contributed by atoms with E-state index in [1.54, 1.807) is 12.1 Å². The molecule has 0 saturated heterocycles. The number of nitrogens with one attached hydrogen (secondary N) is 1. The van der Waals surface area contributed by atoms with Crippen LogP contribution in [0.15, 0.2) is 48.5 Å². The van der Waals surface area contributed by atoms with Crippen molar-refractivity contribution < 1.29 is 9.50 Å². The van der Waals surface area contributed by atoms with Gasteiger partial charge in [0.05, 0.1) is 6.10 Å². The second kappa shape index (κ2) is 6.64. The number of hydrogen-bond acceptors (Lipinski definition) is 2. The maximum atomic E-state index is 12.8. The zero-order chi connectivity index (χ0) is 14.5. The second-order valence-electron chi connectivity index (χ2n) is 5.15. The van der Waals surface area contributed by atoms with Crippen LogP contribution in [0.5, 0.6) is 0 Å². The van der Waals surface area contributed by atoms with Gasteiger partial charge in [0.1, 0.15) is 5.82 Å². The minimum Gasteiger partial charge on any atom is -0.387 e. The molecule has 2 nitrogen and oxygen atoms in total. The van der Waals surface area contributed by atoms with Gasteiger partial charge in [0.15, 0.2) is 0 Å². The minimum atomic E-state index is -0.559. The van der Waals surface area contributed by atoms with E-state index in [4.69, 9.17) is 0 Å². The molecule has 2 unspecified atom stereocenters. The van der Waals surface area contributed by atoms with Crippen LogP contribution >= 0.6 is 0 Å². The lowest BCUT2D eigenvalue weighted by Crippen LogP contribution is -2.31. The smallest absolute Gasteiger partial charge is 0.123 e. The van der Waals surface area contributed by atoms with E-state index >= 15 is 0 Å². The summed E-state index contributed by atoms with van der Waals surface area (Å²) in [6.45, 7) is 4.56. The largest absolute Gasteiger partial charge is 0.387 e. The fraction of sp³-hybridized carbons (Fsp3) is 0.294. The highest BCUT2D eigenvalue weighted by Gasteiger charge is 2.15. The third-order valence-electron chi connectivity index (χ3n) is 3.43. The number of aryl methyl sites for hydroxylation is 1. The van der Waals surface area contributed by atoms with Crippen LogP contribution in [0.4, 0.5) is 4.39 Å². The number of halogens is 1. The molecule has 2 N–H and O–H groups in total. The van der Waals surface area contributed by atoms with E-state index in [9.17, 15) is 9.50 Å². The fourth-order valence-electron chi connectivity index (χ4n) is 2.05. The molecule has 0 aliphatic heterocycles. The first-order valence-corrected chi connectivity index (χ1v) is 6.79. The van der Waals surface area contributed by atoms with Crippen molar-refractivity contribution in [2.24, 2.45) is 0 Å². The molecule has 0 bridgehead atoms. The summed E-state index contributed by atoms with van der Waals surface area (Å²) < 4.78 is 12.8. The lowest BCUT2D eigenvalue weighted by atomic mass is 10.0. The van der Waals surface area contributed by atoms with Gasteiger partial charge in [-0.05, 0) is 37.1 Å². The zero-order valence-corrected chi connectivity index (χ0v) is 11.8. The van der Waals surface area contributed by atoms with E-state index < -0.39 is 6.10 Å². The summed E-state index contributed by atoms with van der Waals surface area (Å²) in [7, 11) is 0. The molecule has 0 amide bonds. The van der Waals surface area contributed by atoms with Crippen LogP contribution in [0, 0.1) is 12.7 Å². The van der Waals surface area contributed by atoms with Crippen LogP contribution < -0.4 is 5.32 Å². The monoisotopic (exact) mass is 273 g/mol. The Balaban J connectivity index is 1.92. The topological polar surface area (TPSA) is 32.3 Å². The first kappa shape index (κ1) is 14.7. The van der Waals surface area contributed by atoms with Gasteiger partial charge in [0.25, 0.3) is 0 Å². The van der Waals surface area contributed by atoms with Crippen molar-refractivity contribution in [3.8, 4) is 0 Å². The predicted octanol–water partition coefficient (Wildman–Crippen LogP) is 3.35. The minimum absolute atomic E-state index is 0.0808. The summed E-state index contributed by atoms with van der Waals surface area (Å²) in [4.78, 5) is 0. The van der Waals surface area contributed by atoms with E-state index in [1.807, 2.05) is 38.1 Å². The van der Waals surface area contributed by atoms with E-state index in [-0.39, 0.29) is 11.9 Å². The van der Waals surface area contributed by atoms with E-state index in [1.165, 1.54) is 17.7 Å². The Labute approximate surface area is 119 Å². The van der Waals surface area contributed by atoms with Crippen molar-refractivity contribution in [2.45, 2.75) is 32.5 Å². The van der Waals surface area contributed by atoms with E-state index in [0.29, 0.717) is 6.54 Å². The maximum absolute atomic E-state index is 12.8. The molecule has 0 aliphatic rings. The molecule has 2 atom stereocenters. The van der Waals surface area contributed by atoms with Gasteiger partial charge >= 0.3 is 0 Å². The van der Waals surface area contributed by atoms with Gasteiger partial charge in [-0.25, -0.2) is 4.39 Å². The number of rotatable bonds is 5. The lowest BCUT2D eigenvalue weighted by molar-refractivity contribution is 0.135. The van der Waals surface area contributed by atoms with Crippen LogP contribution in [0.3, 0.4) is 0 Å². The molecule has 0 aliphatic carbocycles. The van der Waals surface area contributed by atoms with Crippen molar-refractivity contribution in [1.29, 1.82) is 0 Å². The Morgan fingerprint density at radius 2 is 1.65 bits per heavy atom. The van der Waals surface area contributed by atoms with Gasteiger partial charge in [0, 0.05) is 12.6 Å². The summed E-state index contributed by atoms with van der Waals surface area (Å²) in [5, 5.41) is 13.5. The first-order chi connectivity index (χ1) is 9.56. The fourth-order valence-corrected chi connectivity index (χ4v) is 2.05. The number of aliphatic hydroxyl groups excluding tert-OH is 1. The maximum Gasteiger partial charge on any atom is 0.123 e. The first-order valence-electron chi connectivity index (χ1n) is 6.79. The quantitative estimate of drug-likeness (QED) is 0.875. The Morgan fingerprint density at radius 3 is 2.25 bits per heavy atom. The highest BCUT2D eigenvalue weighted by molar-refractivity contribution is 5.24. The van der Waals surface area contributed by atoms with Crippen LogP contribution in [-0.2, 0) is 6.54 Å². The zero-order valence-electron chi connectivity index (χ0n) is 11.8. The van der Waals surface area contributed by atoms with Crippen LogP contribution in [0.2, 0.25) is 0 Å². The molecule has 0 spiro atoms. The molecule has 0 aromatic heterocycles. The third kappa shape index (κ3) is 3.89. The molecule has 3 heteroatoms. The highest BCUT2D eigenvalue weighted by atomic mass is 19.1. The number of hydrogen-bond donors (Lipinski definition) is 2. The number of aliphatic hydroxyl groups is 1.